The van der Waals surface area contributed by atoms with Gasteiger partial charge in [-0.05, 0) is 31.1 Å². The smallest absolute Gasteiger partial charge is 0.0342 e. The lowest BCUT2D eigenvalue weighted by Crippen LogP contribution is -1.78. The number of hydrogen-bond donors (Lipinski definition) is 0. The van der Waals surface area contributed by atoms with Crippen LogP contribution in [0.4, 0.5) is 0 Å². The lowest BCUT2D eigenvalue weighted by molar-refractivity contribution is 1.30. The molecule has 0 bridgehead atoms. The summed E-state index contributed by atoms with van der Waals surface area (Å²) in [6, 6.07) is 4.00. The van der Waals surface area contributed by atoms with E-state index < -0.39 is 0 Å². The van der Waals surface area contributed by atoms with Crippen LogP contribution < -0.4 is 0 Å². The van der Waals surface area contributed by atoms with Gasteiger partial charge in [0.25, 0.3) is 0 Å². The van der Waals surface area contributed by atoms with E-state index in [9.17, 15) is 0 Å². The molecule has 1 aromatic rings. The van der Waals surface area contributed by atoms with Crippen LogP contribution in [0.25, 0.3) is 5.57 Å². The number of hydrogen-bond acceptors (Lipinski definition) is 1. The van der Waals surface area contributed by atoms with Crippen LogP contribution in [0.3, 0.4) is 0 Å². The molecule has 1 rings (SSSR count). The molecule has 0 aromatic carbocycles. The molecular weight excluding hydrogens is 122 g/mol. The zero-order valence-corrected chi connectivity index (χ0v) is 6.33. The minimum Gasteiger partial charge on any atom is -0.264 e. The molecule has 1 nitrogen and oxygen atoms in total. The van der Waals surface area contributed by atoms with Gasteiger partial charge in [0.15, 0.2) is 0 Å². The van der Waals surface area contributed by atoms with Crippen LogP contribution in [0.2, 0.25) is 0 Å². The topological polar surface area (TPSA) is 12.9 Å². The second kappa shape index (κ2) is 3.16. The van der Waals surface area contributed by atoms with Gasteiger partial charge in [-0.3, -0.25) is 4.98 Å². The fourth-order valence-electron chi connectivity index (χ4n) is 0.763. The van der Waals surface area contributed by atoms with E-state index in [1.54, 1.807) is 6.20 Å². The molecule has 0 fully saturated rings. The minimum atomic E-state index is 1.20. The molecule has 0 unspecified atom stereocenters. The molecule has 0 aliphatic carbocycles. The Morgan fingerprint density at radius 1 is 1.60 bits per heavy atom. The van der Waals surface area contributed by atoms with E-state index in [1.807, 2.05) is 19.2 Å². The first-order chi connectivity index (χ1) is 4.84. The summed E-state index contributed by atoms with van der Waals surface area (Å²) in [6.07, 6.45) is 5.73. The lowest BCUT2D eigenvalue weighted by Gasteiger charge is -1.96. The molecule has 0 saturated heterocycles. The van der Waals surface area contributed by atoms with Crippen LogP contribution in [-0.2, 0) is 0 Å². The van der Waals surface area contributed by atoms with Gasteiger partial charge in [0.1, 0.15) is 0 Å². The quantitative estimate of drug-likeness (QED) is 0.573. The van der Waals surface area contributed by atoms with Gasteiger partial charge in [-0.15, -0.1) is 0 Å². The molecule has 1 heterocycles. The predicted octanol–water partition coefficient (Wildman–Crippen LogP) is 2.50. The first kappa shape index (κ1) is 7.00. The Kier molecular flexibility index (Phi) is 2.21. The average molecular weight is 133 g/mol. The lowest BCUT2D eigenvalue weighted by atomic mass is 10.1. The molecule has 0 amide bonds. The van der Waals surface area contributed by atoms with Crippen molar-refractivity contribution in [2.45, 2.75) is 13.8 Å². The summed E-state index contributed by atoms with van der Waals surface area (Å²) in [5.74, 6) is 0. The Morgan fingerprint density at radius 3 is 2.90 bits per heavy atom. The predicted molar refractivity (Wildman–Crippen MR) is 43.6 cm³/mol. The first-order valence-corrected chi connectivity index (χ1v) is 3.38. The third kappa shape index (κ3) is 1.44. The fraction of sp³-hybridized carbons (Fsp3) is 0.222. The Balaban J connectivity index is 2.96. The van der Waals surface area contributed by atoms with Gasteiger partial charge < -0.3 is 0 Å². The maximum atomic E-state index is 4.01. The maximum Gasteiger partial charge on any atom is 0.0342 e. The number of rotatable bonds is 1. The van der Waals surface area contributed by atoms with Crippen LogP contribution >= 0.6 is 0 Å². The molecule has 0 radical (unpaired) electrons. The number of pyridine rings is 1. The van der Waals surface area contributed by atoms with Gasteiger partial charge in [0, 0.05) is 12.4 Å². The molecule has 1 aromatic heterocycles. The zero-order valence-electron chi connectivity index (χ0n) is 6.33. The molecule has 0 saturated carbocycles. The van der Waals surface area contributed by atoms with Crippen molar-refractivity contribution >= 4 is 5.57 Å². The van der Waals surface area contributed by atoms with Crippen molar-refractivity contribution in [2.24, 2.45) is 0 Å². The molecular formula is C9H11N. The average Bonchev–Trinajstić information content (AvgIpc) is 2.05. The number of aromatic nitrogens is 1. The van der Waals surface area contributed by atoms with Crippen molar-refractivity contribution in [2.75, 3.05) is 0 Å². The normalized spacial score (nSPS) is 11.6. The van der Waals surface area contributed by atoms with E-state index in [4.69, 9.17) is 0 Å². The van der Waals surface area contributed by atoms with E-state index >= 15 is 0 Å². The van der Waals surface area contributed by atoms with Crippen molar-refractivity contribution in [1.82, 2.24) is 4.98 Å². The highest BCUT2D eigenvalue weighted by molar-refractivity contribution is 5.62. The molecule has 0 atom stereocenters. The van der Waals surface area contributed by atoms with Crippen molar-refractivity contribution < 1.29 is 0 Å². The van der Waals surface area contributed by atoms with Gasteiger partial charge in [-0.2, -0.15) is 0 Å². The fourth-order valence-corrected chi connectivity index (χ4v) is 0.763. The molecule has 10 heavy (non-hydrogen) atoms. The van der Waals surface area contributed by atoms with Gasteiger partial charge in [0.2, 0.25) is 0 Å². The second-order valence-electron chi connectivity index (χ2n) is 2.21. The SMILES string of the molecule is C/C=C(\C)c1cccnc1. The van der Waals surface area contributed by atoms with Gasteiger partial charge in [-0.1, -0.05) is 12.1 Å². The molecule has 0 aliphatic rings. The standard InChI is InChI=1S/C9H11N/c1-3-8(2)9-5-4-6-10-7-9/h3-7H,1-2H3/b8-3+. The summed E-state index contributed by atoms with van der Waals surface area (Å²) >= 11 is 0. The van der Waals surface area contributed by atoms with Crippen LogP contribution in [0.1, 0.15) is 19.4 Å². The van der Waals surface area contributed by atoms with Crippen LogP contribution in [0.15, 0.2) is 30.6 Å². The highest BCUT2D eigenvalue weighted by Crippen LogP contribution is 2.09. The van der Waals surface area contributed by atoms with Crippen molar-refractivity contribution in [3.05, 3.63) is 36.2 Å². The van der Waals surface area contributed by atoms with Gasteiger partial charge >= 0.3 is 0 Å². The monoisotopic (exact) mass is 133 g/mol. The van der Waals surface area contributed by atoms with Crippen molar-refractivity contribution in [1.29, 1.82) is 0 Å². The highest BCUT2D eigenvalue weighted by atomic mass is 14.6. The van der Waals surface area contributed by atoms with Crippen molar-refractivity contribution in [3.63, 3.8) is 0 Å². The summed E-state index contributed by atoms with van der Waals surface area (Å²) in [6.45, 7) is 4.11. The van der Waals surface area contributed by atoms with Gasteiger partial charge in [0.05, 0.1) is 0 Å². The third-order valence-electron chi connectivity index (χ3n) is 1.55. The highest BCUT2D eigenvalue weighted by Gasteiger charge is 1.89. The Bertz CT molecular complexity index is 224. The Hall–Kier alpha value is -1.11. The van der Waals surface area contributed by atoms with E-state index in [1.165, 1.54) is 11.1 Å². The van der Waals surface area contributed by atoms with Crippen LogP contribution in [0.5, 0.6) is 0 Å². The maximum absolute atomic E-state index is 4.01. The molecule has 0 spiro atoms. The van der Waals surface area contributed by atoms with E-state index in [0.717, 1.165) is 0 Å². The second-order valence-corrected chi connectivity index (χ2v) is 2.21. The van der Waals surface area contributed by atoms with Crippen molar-refractivity contribution in [3.8, 4) is 0 Å². The van der Waals surface area contributed by atoms with E-state index in [-0.39, 0.29) is 0 Å². The summed E-state index contributed by atoms with van der Waals surface area (Å²) in [7, 11) is 0. The molecule has 1 heteroatoms. The largest absolute Gasteiger partial charge is 0.264 e. The zero-order chi connectivity index (χ0) is 7.40. The first-order valence-electron chi connectivity index (χ1n) is 3.38. The Labute approximate surface area is 61.4 Å². The molecule has 0 N–H and O–H groups in total. The van der Waals surface area contributed by atoms with E-state index in [0.29, 0.717) is 0 Å². The number of nitrogens with zero attached hydrogens (tertiary/aromatic N) is 1. The minimum absolute atomic E-state index is 1.20. The summed E-state index contributed by atoms with van der Waals surface area (Å²) in [5, 5.41) is 0. The molecule has 52 valence electrons. The Morgan fingerprint density at radius 2 is 2.40 bits per heavy atom. The third-order valence-corrected chi connectivity index (χ3v) is 1.55. The van der Waals surface area contributed by atoms with Crippen LogP contribution in [0, 0.1) is 0 Å². The van der Waals surface area contributed by atoms with E-state index in [2.05, 4.69) is 24.1 Å². The summed E-state index contributed by atoms with van der Waals surface area (Å²) in [4.78, 5) is 4.01. The van der Waals surface area contributed by atoms with Crippen LogP contribution in [-0.4, -0.2) is 4.98 Å². The summed E-state index contributed by atoms with van der Waals surface area (Å²) < 4.78 is 0. The molecule has 0 aliphatic heterocycles. The van der Waals surface area contributed by atoms with Gasteiger partial charge in [-0.25, -0.2) is 0 Å². The summed E-state index contributed by atoms with van der Waals surface area (Å²) in [5.41, 5.74) is 2.47. The number of allylic oxidation sites excluding steroid dienone is 2.